The molecule has 1 N–H and O–H groups in total. The first-order chi connectivity index (χ1) is 11.6. The van der Waals surface area contributed by atoms with Crippen LogP contribution in [0.3, 0.4) is 0 Å². The van der Waals surface area contributed by atoms with Crippen LogP contribution in [0.15, 0.2) is 42.6 Å². The summed E-state index contributed by atoms with van der Waals surface area (Å²) < 4.78 is 5.80. The van der Waals surface area contributed by atoms with Crippen LogP contribution in [-0.4, -0.2) is 11.5 Å². The van der Waals surface area contributed by atoms with Gasteiger partial charge in [-0.05, 0) is 51.0 Å². The fourth-order valence-corrected chi connectivity index (χ4v) is 2.17. The third-order valence-electron chi connectivity index (χ3n) is 3.58. The second kappa shape index (κ2) is 7.99. The molecule has 0 saturated heterocycles. The number of ether oxygens (including phenoxy) is 1. The van der Waals surface area contributed by atoms with Crippen molar-refractivity contribution < 1.29 is 4.74 Å². The van der Waals surface area contributed by atoms with Crippen molar-refractivity contribution in [1.82, 2.24) is 4.98 Å². The van der Waals surface area contributed by atoms with E-state index in [0.29, 0.717) is 17.2 Å². The quantitative estimate of drug-likeness (QED) is 0.760. The van der Waals surface area contributed by atoms with Gasteiger partial charge in [0.05, 0.1) is 17.2 Å². The minimum absolute atomic E-state index is 0.292. The van der Waals surface area contributed by atoms with Gasteiger partial charge in [-0.25, -0.2) is 4.98 Å². The number of nitriles is 2. The topological polar surface area (TPSA) is 81.7 Å². The largest absolute Gasteiger partial charge is 0.436 e. The van der Waals surface area contributed by atoms with Crippen LogP contribution in [0, 0.1) is 28.1 Å². The van der Waals surface area contributed by atoms with Crippen molar-refractivity contribution in [1.29, 1.82) is 10.5 Å². The Kier molecular flexibility index (Phi) is 5.76. The first-order valence-electron chi connectivity index (χ1n) is 7.83. The van der Waals surface area contributed by atoms with E-state index in [1.165, 1.54) is 0 Å². The molecule has 0 aliphatic carbocycles. The van der Waals surface area contributed by atoms with Crippen molar-refractivity contribution in [2.24, 2.45) is 5.41 Å². The van der Waals surface area contributed by atoms with E-state index in [4.69, 9.17) is 15.3 Å². The number of aromatic nitrogens is 1. The van der Waals surface area contributed by atoms with Gasteiger partial charge in [0.2, 0.25) is 5.88 Å². The number of nitrogens with one attached hydrogen (secondary N) is 1. The molecule has 0 radical (unpaired) electrons. The molecule has 24 heavy (non-hydrogen) atoms. The zero-order valence-electron chi connectivity index (χ0n) is 13.9. The Morgan fingerprint density at radius 1 is 1.17 bits per heavy atom. The van der Waals surface area contributed by atoms with Crippen LogP contribution < -0.4 is 10.1 Å². The lowest BCUT2D eigenvalue weighted by molar-refractivity contribution is 0.440. The second-order valence-corrected chi connectivity index (χ2v) is 6.09. The third-order valence-corrected chi connectivity index (χ3v) is 3.58. The summed E-state index contributed by atoms with van der Waals surface area (Å²) in [7, 11) is 0. The average molecular weight is 320 g/mol. The fourth-order valence-electron chi connectivity index (χ4n) is 2.17. The Morgan fingerprint density at radius 2 is 1.96 bits per heavy atom. The van der Waals surface area contributed by atoms with Crippen molar-refractivity contribution in [3.05, 3.63) is 48.2 Å². The van der Waals surface area contributed by atoms with Gasteiger partial charge in [-0.1, -0.05) is 12.1 Å². The molecule has 0 spiro atoms. The molecular weight excluding hydrogens is 300 g/mol. The van der Waals surface area contributed by atoms with Crippen LogP contribution in [0.4, 0.5) is 5.69 Å². The number of rotatable bonds is 7. The van der Waals surface area contributed by atoms with E-state index in [9.17, 15) is 0 Å². The van der Waals surface area contributed by atoms with Gasteiger partial charge in [-0.2, -0.15) is 10.5 Å². The molecule has 5 nitrogen and oxygen atoms in total. The van der Waals surface area contributed by atoms with Gasteiger partial charge in [0.1, 0.15) is 11.6 Å². The van der Waals surface area contributed by atoms with E-state index < -0.39 is 0 Å². The number of anilines is 1. The van der Waals surface area contributed by atoms with Crippen LogP contribution in [0.25, 0.3) is 0 Å². The molecule has 0 unspecified atom stereocenters. The maximum absolute atomic E-state index is 9.13. The van der Waals surface area contributed by atoms with Gasteiger partial charge in [-0.15, -0.1) is 0 Å². The SMILES string of the molecule is CC(C)(C#N)CCCNc1ccccc1Oc1ncccc1C#N. The van der Waals surface area contributed by atoms with Crippen molar-refractivity contribution in [2.75, 3.05) is 11.9 Å². The predicted molar refractivity (Wildman–Crippen MR) is 92.6 cm³/mol. The maximum atomic E-state index is 9.13. The molecule has 0 saturated carbocycles. The summed E-state index contributed by atoms with van der Waals surface area (Å²) >= 11 is 0. The molecule has 2 rings (SSSR count). The Hall–Kier alpha value is -3.05. The molecule has 2 aromatic rings. The molecule has 0 amide bonds. The molecule has 0 aliphatic rings. The Morgan fingerprint density at radius 3 is 2.71 bits per heavy atom. The highest BCUT2D eigenvalue weighted by atomic mass is 16.5. The summed E-state index contributed by atoms with van der Waals surface area (Å²) in [5, 5.41) is 21.5. The monoisotopic (exact) mass is 320 g/mol. The minimum Gasteiger partial charge on any atom is -0.436 e. The number of benzene rings is 1. The zero-order chi connectivity index (χ0) is 17.4. The summed E-state index contributed by atoms with van der Waals surface area (Å²) in [4.78, 5) is 4.12. The van der Waals surface area contributed by atoms with Gasteiger partial charge in [0.15, 0.2) is 5.75 Å². The molecule has 0 atom stereocenters. The molecule has 0 bridgehead atoms. The van der Waals surface area contributed by atoms with Crippen molar-refractivity contribution in [3.8, 4) is 23.8 Å². The van der Waals surface area contributed by atoms with E-state index in [1.807, 2.05) is 38.1 Å². The predicted octanol–water partition coefficient (Wildman–Crippen LogP) is 4.49. The molecule has 1 aromatic carbocycles. The molecule has 0 fully saturated rings. The second-order valence-electron chi connectivity index (χ2n) is 6.09. The standard InChI is InChI=1S/C19H20N4O/c1-19(2,14-21)10-6-12-22-16-8-3-4-9-17(16)24-18-15(13-20)7-5-11-23-18/h3-5,7-9,11,22H,6,10,12H2,1-2H3. The van der Waals surface area contributed by atoms with Crippen molar-refractivity contribution >= 4 is 5.69 Å². The average Bonchev–Trinajstić information content (AvgIpc) is 2.60. The number of nitrogens with zero attached hydrogens (tertiary/aromatic N) is 3. The molecule has 122 valence electrons. The van der Waals surface area contributed by atoms with Crippen LogP contribution in [-0.2, 0) is 0 Å². The molecule has 1 heterocycles. The lowest BCUT2D eigenvalue weighted by Gasteiger charge is -2.16. The molecular formula is C19H20N4O. The minimum atomic E-state index is -0.312. The maximum Gasteiger partial charge on any atom is 0.237 e. The van der Waals surface area contributed by atoms with E-state index in [0.717, 1.165) is 25.1 Å². The van der Waals surface area contributed by atoms with Gasteiger partial charge in [0.25, 0.3) is 0 Å². The Bertz CT molecular complexity index is 771. The summed E-state index contributed by atoms with van der Waals surface area (Å²) in [6.07, 6.45) is 3.29. The summed E-state index contributed by atoms with van der Waals surface area (Å²) in [5.41, 5.74) is 0.915. The highest BCUT2D eigenvalue weighted by molar-refractivity contribution is 5.57. The third kappa shape index (κ3) is 4.72. The Balaban J connectivity index is 2.03. The van der Waals surface area contributed by atoms with E-state index in [1.54, 1.807) is 18.3 Å². The van der Waals surface area contributed by atoms with Crippen molar-refractivity contribution in [3.63, 3.8) is 0 Å². The zero-order valence-corrected chi connectivity index (χ0v) is 13.9. The van der Waals surface area contributed by atoms with Gasteiger partial charge >= 0.3 is 0 Å². The normalized spacial score (nSPS) is 10.5. The van der Waals surface area contributed by atoms with Gasteiger partial charge in [0, 0.05) is 12.7 Å². The molecule has 0 aliphatic heterocycles. The first kappa shape index (κ1) is 17.3. The van der Waals surface area contributed by atoms with Crippen LogP contribution in [0.5, 0.6) is 11.6 Å². The van der Waals surface area contributed by atoms with E-state index in [-0.39, 0.29) is 5.41 Å². The number of hydrogen-bond donors (Lipinski definition) is 1. The van der Waals surface area contributed by atoms with Gasteiger partial charge < -0.3 is 10.1 Å². The summed E-state index contributed by atoms with van der Waals surface area (Å²) in [6.45, 7) is 4.61. The highest BCUT2D eigenvalue weighted by Crippen LogP contribution is 2.30. The summed E-state index contributed by atoms with van der Waals surface area (Å²) in [5.74, 6) is 0.909. The number of pyridine rings is 1. The van der Waals surface area contributed by atoms with Crippen LogP contribution >= 0.6 is 0 Å². The number of para-hydroxylation sites is 2. The summed E-state index contributed by atoms with van der Waals surface area (Å²) in [6, 6.07) is 15.3. The van der Waals surface area contributed by atoms with Crippen LogP contribution in [0.1, 0.15) is 32.3 Å². The Labute approximate surface area is 142 Å². The van der Waals surface area contributed by atoms with E-state index in [2.05, 4.69) is 22.4 Å². The van der Waals surface area contributed by atoms with Gasteiger partial charge in [-0.3, -0.25) is 0 Å². The fraction of sp³-hybridized carbons (Fsp3) is 0.316. The molecule has 1 aromatic heterocycles. The molecule has 5 heteroatoms. The number of hydrogen-bond acceptors (Lipinski definition) is 5. The van der Waals surface area contributed by atoms with Crippen molar-refractivity contribution in [2.45, 2.75) is 26.7 Å². The first-order valence-corrected chi connectivity index (χ1v) is 7.83. The van der Waals surface area contributed by atoms with Crippen LogP contribution in [0.2, 0.25) is 0 Å². The highest BCUT2D eigenvalue weighted by Gasteiger charge is 2.15. The smallest absolute Gasteiger partial charge is 0.237 e. The van der Waals surface area contributed by atoms with E-state index >= 15 is 0 Å². The lowest BCUT2D eigenvalue weighted by Crippen LogP contribution is -2.11. The lowest BCUT2D eigenvalue weighted by atomic mass is 9.90.